The molecule has 1 aliphatic rings. The number of nitrogens with zero attached hydrogens (tertiary/aromatic N) is 1. The van der Waals surface area contributed by atoms with E-state index >= 15 is 0 Å². The van der Waals surface area contributed by atoms with E-state index in [9.17, 15) is 14.4 Å². The lowest BCUT2D eigenvalue weighted by molar-refractivity contribution is -0.139. The Kier molecular flexibility index (Phi) is 6.70. The normalized spacial score (nSPS) is 17.3. The number of carboxylic acid groups (broad SMARTS) is 1. The Bertz CT molecular complexity index is 742. The van der Waals surface area contributed by atoms with Crippen molar-refractivity contribution in [2.24, 2.45) is 0 Å². The molecule has 25 heavy (non-hydrogen) atoms. The lowest BCUT2D eigenvalue weighted by Crippen LogP contribution is -2.36. The fourth-order valence-electron chi connectivity index (χ4n) is 2.13. The molecule has 134 valence electrons. The predicted molar refractivity (Wildman–Crippen MR) is 103 cm³/mol. The van der Waals surface area contributed by atoms with E-state index in [1.165, 1.54) is 4.90 Å². The van der Waals surface area contributed by atoms with E-state index in [4.69, 9.17) is 9.84 Å². The van der Waals surface area contributed by atoms with Gasteiger partial charge in [0.2, 0.25) is 0 Å². The number of imide groups is 1. The van der Waals surface area contributed by atoms with Crippen molar-refractivity contribution in [2.45, 2.75) is 26.3 Å². The van der Waals surface area contributed by atoms with Gasteiger partial charge in [-0.1, -0.05) is 6.92 Å². The molecule has 2 amide bonds. The number of aliphatic carboxylic acids is 1. The first-order chi connectivity index (χ1) is 11.7. The van der Waals surface area contributed by atoms with Gasteiger partial charge in [-0.05, 0) is 80.7 Å². The Hall–Kier alpha value is -1.32. The quantitative estimate of drug-likeness (QED) is 0.588. The number of ether oxygens (including phenoxy) is 1. The van der Waals surface area contributed by atoms with Crippen molar-refractivity contribution < 1.29 is 24.2 Å². The Morgan fingerprint density at radius 2 is 1.96 bits per heavy atom. The molecule has 9 heteroatoms. The van der Waals surface area contributed by atoms with Crippen LogP contribution in [0.15, 0.2) is 26.0 Å². The van der Waals surface area contributed by atoms with Gasteiger partial charge in [-0.3, -0.25) is 14.5 Å². The van der Waals surface area contributed by atoms with Gasteiger partial charge >= 0.3 is 5.97 Å². The van der Waals surface area contributed by atoms with Crippen LogP contribution in [0.2, 0.25) is 0 Å². The number of halogens is 2. The number of thioether (sulfide) groups is 1. The highest BCUT2D eigenvalue weighted by Crippen LogP contribution is 2.38. The molecule has 0 saturated carbocycles. The molecule has 0 unspecified atom stereocenters. The second-order valence-corrected chi connectivity index (χ2v) is 8.01. The van der Waals surface area contributed by atoms with E-state index in [-0.39, 0.29) is 17.2 Å². The van der Waals surface area contributed by atoms with Crippen LogP contribution in [-0.4, -0.2) is 39.8 Å². The zero-order valence-electron chi connectivity index (χ0n) is 13.4. The van der Waals surface area contributed by atoms with Crippen molar-refractivity contribution in [1.29, 1.82) is 0 Å². The molecule has 0 spiro atoms. The van der Waals surface area contributed by atoms with Crippen molar-refractivity contribution in [3.63, 3.8) is 0 Å². The van der Waals surface area contributed by atoms with Crippen LogP contribution in [0.4, 0.5) is 4.79 Å². The van der Waals surface area contributed by atoms with Gasteiger partial charge in [-0.25, -0.2) is 4.79 Å². The molecule has 1 aromatic carbocycles. The van der Waals surface area contributed by atoms with Gasteiger partial charge < -0.3 is 9.84 Å². The lowest BCUT2D eigenvalue weighted by Gasteiger charge is -2.19. The fourth-order valence-corrected chi connectivity index (χ4v) is 4.51. The topological polar surface area (TPSA) is 83.9 Å². The number of carbonyl (C=O) groups excluding carboxylic acids is 2. The van der Waals surface area contributed by atoms with Crippen LogP contribution in [0.1, 0.15) is 25.8 Å². The molecule has 2 rings (SSSR count). The average molecular weight is 493 g/mol. The minimum absolute atomic E-state index is 0.149. The average Bonchev–Trinajstić information content (AvgIpc) is 2.79. The summed E-state index contributed by atoms with van der Waals surface area (Å²) in [5.74, 6) is -1.03. The Morgan fingerprint density at radius 1 is 1.36 bits per heavy atom. The highest BCUT2D eigenvalue weighted by Gasteiger charge is 2.37. The molecule has 0 radical (unpaired) electrons. The lowest BCUT2D eigenvalue weighted by atomic mass is 10.2. The minimum Gasteiger partial charge on any atom is -0.480 e. The highest BCUT2D eigenvalue weighted by molar-refractivity contribution is 9.11. The number of carbonyl (C=O) groups is 3. The summed E-state index contributed by atoms with van der Waals surface area (Å²) in [4.78, 5) is 36.7. The number of hydrogen-bond acceptors (Lipinski definition) is 5. The molecule has 1 heterocycles. The second kappa shape index (κ2) is 8.37. The van der Waals surface area contributed by atoms with Crippen molar-refractivity contribution in [3.8, 4) is 5.75 Å². The third-order valence-electron chi connectivity index (χ3n) is 3.51. The van der Waals surface area contributed by atoms with Crippen LogP contribution >= 0.6 is 43.6 Å². The van der Waals surface area contributed by atoms with Gasteiger partial charge in [0.15, 0.2) is 6.61 Å². The van der Waals surface area contributed by atoms with Crippen LogP contribution in [0.5, 0.6) is 5.75 Å². The molecule has 6 nitrogen and oxygen atoms in total. The third kappa shape index (κ3) is 4.65. The first kappa shape index (κ1) is 20.0. The van der Waals surface area contributed by atoms with Crippen LogP contribution in [0.25, 0.3) is 6.08 Å². The van der Waals surface area contributed by atoms with Crippen LogP contribution < -0.4 is 4.74 Å². The zero-order chi connectivity index (χ0) is 18.7. The fraction of sp³-hybridized carbons (Fsp3) is 0.312. The van der Waals surface area contributed by atoms with Crippen LogP contribution in [0.3, 0.4) is 0 Å². The largest absolute Gasteiger partial charge is 0.480 e. The summed E-state index contributed by atoms with van der Waals surface area (Å²) in [6, 6.07) is 3.24. The zero-order valence-corrected chi connectivity index (χ0v) is 17.4. The van der Waals surface area contributed by atoms with Gasteiger partial charge in [0.1, 0.15) is 5.75 Å². The molecule has 0 aliphatic carbocycles. The molecule has 1 aliphatic heterocycles. The summed E-state index contributed by atoms with van der Waals surface area (Å²) in [6.07, 6.45) is 2.32. The van der Waals surface area contributed by atoms with Crippen LogP contribution in [0, 0.1) is 0 Å². The smallest absolute Gasteiger partial charge is 0.341 e. The van der Waals surface area contributed by atoms with Gasteiger partial charge in [-0.2, -0.15) is 0 Å². The number of rotatable bonds is 6. The molecular weight excluding hydrogens is 478 g/mol. The Balaban J connectivity index is 2.28. The van der Waals surface area contributed by atoms with Gasteiger partial charge in [-0.15, -0.1) is 0 Å². The molecule has 0 bridgehead atoms. The standard InChI is InChI=1S/C16H15Br2NO5S/c1-3-8(2)19-15(22)12(25-16(19)23)6-9-4-10(17)14(11(18)5-9)24-7-13(20)21/h4-6,8H,3,7H2,1-2H3,(H,20,21)/b12-6+/t8-/m0/s1. The van der Waals surface area contributed by atoms with Gasteiger partial charge in [0.25, 0.3) is 11.1 Å². The first-order valence-electron chi connectivity index (χ1n) is 7.35. The maximum atomic E-state index is 12.4. The van der Waals surface area contributed by atoms with Crippen LogP contribution in [-0.2, 0) is 9.59 Å². The molecule has 1 N–H and O–H groups in total. The monoisotopic (exact) mass is 491 g/mol. The molecule has 1 fully saturated rings. The van der Waals surface area contributed by atoms with Crippen molar-refractivity contribution in [1.82, 2.24) is 4.90 Å². The van der Waals surface area contributed by atoms with E-state index in [0.29, 0.717) is 31.6 Å². The van der Waals surface area contributed by atoms with Gasteiger partial charge in [0, 0.05) is 6.04 Å². The number of amides is 2. The second-order valence-electron chi connectivity index (χ2n) is 5.31. The first-order valence-corrected chi connectivity index (χ1v) is 9.75. The SMILES string of the molecule is CC[C@H](C)N1C(=O)S/C(=C/c2cc(Br)c(OCC(=O)O)c(Br)c2)C1=O. The summed E-state index contributed by atoms with van der Waals surface area (Å²) in [7, 11) is 0. The number of hydrogen-bond donors (Lipinski definition) is 1. The summed E-state index contributed by atoms with van der Waals surface area (Å²) in [6.45, 7) is 3.28. The van der Waals surface area contributed by atoms with E-state index < -0.39 is 12.6 Å². The highest BCUT2D eigenvalue weighted by atomic mass is 79.9. The van der Waals surface area contributed by atoms with Crippen molar-refractivity contribution in [2.75, 3.05) is 6.61 Å². The minimum atomic E-state index is -1.08. The van der Waals surface area contributed by atoms with E-state index in [1.807, 2.05) is 13.8 Å². The maximum absolute atomic E-state index is 12.4. The maximum Gasteiger partial charge on any atom is 0.341 e. The van der Waals surface area contributed by atoms with Crippen molar-refractivity contribution >= 4 is 66.8 Å². The van der Waals surface area contributed by atoms with Crippen molar-refractivity contribution in [3.05, 3.63) is 31.5 Å². The molecule has 0 aromatic heterocycles. The Morgan fingerprint density at radius 3 is 2.48 bits per heavy atom. The third-order valence-corrected chi connectivity index (χ3v) is 5.58. The molecule has 1 saturated heterocycles. The van der Waals surface area contributed by atoms with E-state index in [2.05, 4.69) is 31.9 Å². The van der Waals surface area contributed by atoms with Gasteiger partial charge in [0.05, 0.1) is 13.9 Å². The predicted octanol–water partition coefficient (Wildman–Crippen LogP) is 4.51. The summed E-state index contributed by atoms with van der Waals surface area (Å²) < 4.78 is 6.28. The molecular formula is C16H15Br2NO5S. The molecule has 1 atom stereocenters. The van der Waals surface area contributed by atoms with E-state index in [1.54, 1.807) is 18.2 Å². The number of benzene rings is 1. The summed E-state index contributed by atoms with van der Waals surface area (Å²) in [5.41, 5.74) is 0.677. The molecule has 1 aromatic rings. The summed E-state index contributed by atoms with van der Waals surface area (Å²) in [5, 5.41) is 8.43. The number of carboxylic acids is 1. The Labute approximate surface area is 165 Å². The van der Waals surface area contributed by atoms with E-state index in [0.717, 1.165) is 11.8 Å². The summed E-state index contributed by atoms with van der Waals surface area (Å²) >= 11 is 7.56.